The standard InChI is InChI=1S/C22H24N2O3S/c1-4-12-24-21(25)11-10-19-14-20(13-18(5-2)22(19)24)23-28(26,27)15-17-8-6-16(3)7-9-17/h2,6-9,13-14,23H,4,10-12,15H2,1,3H3. The molecule has 0 saturated heterocycles. The molecule has 1 heterocycles. The van der Waals surface area contributed by atoms with Gasteiger partial charge in [0.15, 0.2) is 0 Å². The molecule has 28 heavy (non-hydrogen) atoms. The largest absolute Gasteiger partial charge is 0.311 e. The summed E-state index contributed by atoms with van der Waals surface area (Å²) >= 11 is 0. The summed E-state index contributed by atoms with van der Waals surface area (Å²) in [6, 6.07) is 10.8. The van der Waals surface area contributed by atoms with E-state index in [0.29, 0.717) is 36.2 Å². The molecule has 1 aliphatic heterocycles. The minimum Gasteiger partial charge on any atom is -0.311 e. The van der Waals surface area contributed by atoms with Crippen LogP contribution in [-0.2, 0) is 27.0 Å². The van der Waals surface area contributed by atoms with Crippen LogP contribution in [0.4, 0.5) is 11.4 Å². The maximum atomic E-state index is 12.6. The van der Waals surface area contributed by atoms with Crippen molar-refractivity contribution in [1.29, 1.82) is 0 Å². The van der Waals surface area contributed by atoms with Crippen LogP contribution >= 0.6 is 0 Å². The van der Waals surface area contributed by atoms with E-state index in [1.807, 2.05) is 38.1 Å². The van der Waals surface area contributed by atoms with Crippen LogP contribution in [0.15, 0.2) is 36.4 Å². The Bertz CT molecular complexity index is 1030. The zero-order chi connectivity index (χ0) is 20.3. The van der Waals surface area contributed by atoms with Crippen molar-refractivity contribution >= 4 is 27.3 Å². The highest BCUT2D eigenvalue weighted by atomic mass is 32.2. The van der Waals surface area contributed by atoms with Gasteiger partial charge in [-0.1, -0.05) is 42.7 Å². The average molecular weight is 397 g/mol. The Morgan fingerprint density at radius 3 is 2.54 bits per heavy atom. The molecule has 5 nitrogen and oxygen atoms in total. The molecule has 3 rings (SSSR count). The van der Waals surface area contributed by atoms with Gasteiger partial charge in [-0.3, -0.25) is 9.52 Å². The van der Waals surface area contributed by atoms with Gasteiger partial charge in [0, 0.05) is 13.0 Å². The lowest BCUT2D eigenvalue weighted by Gasteiger charge is -2.31. The average Bonchev–Trinajstić information content (AvgIpc) is 2.65. The Labute approximate surface area is 166 Å². The summed E-state index contributed by atoms with van der Waals surface area (Å²) in [7, 11) is -3.59. The summed E-state index contributed by atoms with van der Waals surface area (Å²) in [4.78, 5) is 14.0. The van der Waals surface area contributed by atoms with Crippen molar-refractivity contribution < 1.29 is 13.2 Å². The van der Waals surface area contributed by atoms with Crippen molar-refractivity contribution in [2.75, 3.05) is 16.2 Å². The first-order valence-electron chi connectivity index (χ1n) is 9.33. The number of nitrogens with zero attached hydrogens (tertiary/aromatic N) is 1. The Morgan fingerprint density at radius 1 is 1.18 bits per heavy atom. The Balaban J connectivity index is 1.90. The number of aryl methyl sites for hydroxylation is 2. The highest BCUT2D eigenvalue weighted by Gasteiger charge is 2.27. The van der Waals surface area contributed by atoms with Gasteiger partial charge in [0.25, 0.3) is 0 Å². The van der Waals surface area contributed by atoms with Gasteiger partial charge in [0.1, 0.15) is 0 Å². The summed E-state index contributed by atoms with van der Waals surface area (Å²) < 4.78 is 27.9. The number of carbonyl (C=O) groups is 1. The van der Waals surface area contributed by atoms with Gasteiger partial charge in [-0.15, -0.1) is 6.42 Å². The second-order valence-corrected chi connectivity index (χ2v) is 8.79. The number of nitrogens with one attached hydrogen (secondary N) is 1. The highest BCUT2D eigenvalue weighted by Crippen LogP contribution is 2.34. The first-order valence-corrected chi connectivity index (χ1v) is 11.0. The Hall–Kier alpha value is -2.78. The van der Waals surface area contributed by atoms with Crippen LogP contribution < -0.4 is 9.62 Å². The molecule has 2 aromatic rings. The fourth-order valence-corrected chi connectivity index (χ4v) is 4.63. The SMILES string of the molecule is C#Cc1cc(NS(=O)(=O)Cc2ccc(C)cc2)cc2c1N(CCC)C(=O)CC2. The number of benzene rings is 2. The number of anilines is 2. The van der Waals surface area contributed by atoms with Gasteiger partial charge < -0.3 is 4.90 Å². The van der Waals surface area contributed by atoms with Gasteiger partial charge in [-0.05, 0) is 43.0 Å². The third kappa shape index (κ3) is 4.37. The fraction of sp³-hybridized carbons (Fsp3) is 0.318. The van der Waals surface area contributed by atoms with Crippen molar-refractivity contribution in [3.05, 3.63) is 58.7 Å². The first kappa shape index (κ1) is 20.0. The van der Waals surface area contributed by atoms with Gasteiger partial charge in [0.05, 0.1) is 22.7 Å². The van der Waals surface area contributed by atoms with Crippen LogP contribution in [0.5, 0.6) is 0 Å². The lowest BCUT2D eigenvalue weighted by Crippen LogP contribution is -2.36. The normalized spacial score (nSPS) is 13.8. The third-order valence-corrected chi connectivity index (χ3v) is 5.98. The van der Waals surface area contributed by atoms with Gasteiger partial charge in [-0.2, -0.15) is 0 Å². The summed E-state index contributed by atoms with van der Waals surface area (Å²) in [6.07, 6.45) is 7.45. The fourth-order valence-electron chi connectivity index (χ4n) is 3.45. The quantitative estimate of drug-likeness (QED) is 0.759. The van der Waals surface area contributed by atoms with E-state index >= 15 is 0 Å². The predicted molar refractivity (Wildman–Crippen MR) is 113 cm³/mol. The zero-order valence-electron chi connectivity index (χ0n) is 16.2. The second kappa shape index (κ2) is 8.07. The predicted octanol–water partition coefficient (Wildman–Crippen LogP) is 3.61. The Kier molecular flexibility index (Phi) is 5.76. The summed E-state index contributed by atoms with van der Waals surface area (Å²) in [5.74, 6) is 2.56. The number of terminal acetylenes is 1. The monoisotopic (exact) mass is 396 g/mol. The molecule has 0 spiro atoms. The van der Waals surface area contributed by atoms with Gasteiger partial charge in [0.2, 0.25) is 15.9 Å². The molecule has 0 saturated carbocycles. The lowest BCUT2D eigenvalue weighted by atomic mass is 9.96. The summed E-state index contributed by atoms with van der Waals surface area (Å²) in [6.45, 7) is 4.56. The van der Waals surface area contributed by atoms with Gasteiger partial charge in [-0.25, -0.2) is 8.42 Å². The van der Waals surface area contributed by atoms with Crippen LogP contribution in [-0.4, -0.2) is 20.9 Å². The van der Waals surface area contributed by atoms with E-state index in [-0.39, 0.29) is 11.7 Å². The topological polar surface area (TPSA) is 66.5 Å². The highest BCUT2D eigenvalue weighted by molar-refractivity contribution is 7.91. The van der Waals surface area contributed by atoms with Crippen LogP contribution in [0.25, 0.3) is 0 Å². The molecule has 146 valence electrons. The zero-order valence-corrected chi connectivity index (χ0v) is 17.0. The second-order valence-electron chi connectivity index (χ2n) is 7.07. The Morgan fingerprint density at radius 2 is 1.89 bits per heavy atom. The van der Waals surface area contributed by atoms with E-state index in [1.165, 1.54) is 0 Å². The van der Waals surface area contributed by atoms with E-state index in [4.69, 9.17) is 6.42 Å². The van der Waals surface area contributed by atoms with Crippen molar-refractivity contribution in [1.82, 2.24) is 0 Å². The lowest BCUT2D eigenvalue weighted by molar-refractivity contribution is -0.118. The number of hydrogen-bond donors (Lipinski definition) is 1. The van der Waals surface area contributed by atoms with Crippen molar-refractivity contribution in [2.24, 2.45) is 0 Å². The number of rotatable bonds is 6. The van der Waals surface area contributed by atoms with Crippen LogP contribution in [0.1, 0.15) is 42.0 Å². The minimum absolute atomic E-state index is 0.0542. The first-order chi connectivity index (χ1) is 13.3. The molecular weight excluding hydrogens is 372 g/mol. The molecule has 0 bridgehead atoms. The van der Waals surface area contributed by atoms with Crippen LogP contribution in [0.3, 0.4) is 0 Å². The molecule has 0 unspecified atom stereocenters. The molecule has 1 aliphatic rings. The van der Waals surface area contributed by atoms with E-state index in [9.17, 15) is 13.2 Å². The minimum atomic E-state index is -3.59. The summed E-state index contributed by atoms with van der Waals surface area (Å²) in [5, 5.41) is 0. The van der Waals surface area contributed by atoms with Crippen molar-refractivity contribution in [3.63, 3.8) is 0 Å². The summed E-state index contributed by atoms with van der Waals surface area (Å²) in [5.41, 5.74) is 4.40. The molecule has 0 aliphatic carbocycles. The van der Waals surface area contributed by atoms with Crippen molar-refractivity contribution in [3.8, 4) is 12.3 Å². The number of amides is 1. The molecule has 2 aromatic carbocycles. The maximum Gasteiger partial charge on any atom is 0.236 e. The smallest absolute Gasteiger partial charge is 0.236 e. The molecule has 1 N–H and O–H groups in total. The molecule has 0 atom stereocenters. The number of fused-ring (bicyclic) bond motifs is 1. The maximum absolute atomic E-state index is 12.6. The number of carbonyl (C=O) groups excluding carboxylic acids is 1. The number of hydrogen-bond acceptors (Lipinski definition) is 3. The molecule has 6 heteroatoms. The molecule has 0 radical (unpaired) electrons. The number of sulfonamides is 1. The molecule has 0 aromatic heterocycles. The van der Waals surface area contributed by atoms with E-state index in [1.54, 1.807) is 17.0 Å². The molecular formula is C22H24N2O3S. The van der Waals surface area contributed by atoms with E-state index < -0.39 is 10.0 Å². The molecule has 0 fully saturated rings. The van der Waals surface area contributed by atoms with Crippen LogP contribution in [0, 0.1) is 19.3 Å². The van der Waals surface area contributed by atoms with Gasteiger partial charge >= 0.3 is 0 Å². The third-order valence-electron chi connectivity index (χ3n) is 4.72. The van der Waals surface area contributed by atoms with Crippen molar-refractivity contribution in [2.45, 2.75) is 38.9 Å². The molecule has 1 amide bonds. The van der Waals surface area contributed by atoms with Crippen LogP contribution in [0.2, 0.25) is 0 Å². The van der Waals surface area contributed by atoms with E-state index in [2.05, 4.69) is 10.6 Å². The van der Waals surface area contributed by atoms with E-state index in [0.717, 1.165) is 23.2 Å².